The summed E-state index contributed by atoms with van der Waals surface area (Å²) in [6.45, 7) is 0. The monoisotopic (exact) mass is 304 g/mol. The summed E-state index contributed by atoms with van der Waals surface area (Å²) in [5.41, 5.74) is -0.475. The number of fused-ring (bicyclic) bond motifs is 2. The minimum atomic E-state index is -0.611. The van der Waals surface area contributed by atoms with Crippen molar-refractivity contribution in [2.75, 3.05) is 14.2 Å². The molecule has 0 saturated carbocycles. The van der Waals surface area contributed by atoms with Crippen LogP contribution in [-0.2, 0) is 0 Å². The van der Waals surface area contributed by atoms with Gasteiger partial charge in [-0.2, -0.15) is 0 Å². The van der Waals surface area contributed by atoms with Crippen molar-refractivity contribution in [3.8, 4) is 28.7 Å². The first-order valence-electron chi connectivity index (χ1n) is 6.25. The van der Waals surface area contributed by atoms with Gasteiger partial charge in [0.1, 0.15) is 21.9 Å². The molecule has 7 heteroatoms. The molecule has 7 nitrogen and oxygen atoms in total. The van der Waals surface area contributed by atoms with Gasteiger partial charge in [0.25, 0.3) is 0 Å². The molecule has 2 aromatic carbocycles. The van der Waals surface area contributed by atoms with Crippen LogP contribution in [0.25, 0.3) is 21.9 Å². The number of phenols is 3. The molecule has 0 radical (unpaired) electrons. The molecule has 1 aromatic heterocycles. The first-order chi connectivity index (χ1) is 10.5. The average Bonchev–Trinajstić information content (AvgIpc) is 2.49. The second kappa shape index (κ2) is 4.73. The van der Waals surface area contributed by atoms with Gasteiger partial charge < -0.3 is 29.2 Å². The van der Waals surface area contributed by atoms with Crippen molar-refractivity contribution in [2.45, 2.75) is 0 Å². The Hall–Kier alpha value is -3.09. The lowest BCUT2D eigenvalue weighted by molar-refractivity contribution is 0.335. The van der Waals surface area contributed by atoms with E-state index in [0.29, 0.717) is 0 Å². The van der Waals surface area contributed by atoms with Gasteiger partial charge in [0.05, 0.1) is 14.2 Å². The minimum Gasteiger partial charge on any atom is -0.504 e. The highest BCUT2D eigenvalue weighted by molar-refractivity contribution is 5.98. The lowest BCUT2D eigenvalue weighted by atomic mass is 10.1. The zero-order valence-corrected chi connectivity index (χ0v) is 11.7. The third-order valence-electron chi connectivity index (χ3n) is 3.38. The lowest BCUT2D eigenvalue weighted by Gasteiger charge is -2.12. The van der Waals surface area contributed by atoms with Gasteiger partial charge in [0, 0.05) is 6.07 Å². The summed E-state index contributed by atoms with van der Waals surface area (Å²) >= 11 is 0. The molecule has 0 fully saturated rings. The zero-order valence-electron chi connectivity index (χ0n) is 11.7. The third kappa shape index (κ3) is 1.72. The van der Waals surface area contributed by atoms with Crippen LogP contribution in [0.5, 0.6) is 28.7 Å². The van der Waals surface area contributed by atoms with Gasteiger partial charge in [-0.25, -0.2) is 0 Å². The molecule has 3 aromatic rings. The molecular weight excluding hydrogens is 292 g/mol. The first kappa shape index (κ1) is 13.9. The third-order valence-corrected chi connectivity index (χ3v) is 3.38. The van der Waals surface area contributed by atoms with Crippen molar-refractivity contribution < 1.29 is 29.2 Å². The van der Waals surface area contributed by atoms with Crippen LogP contribution < -0.4 is 14.9 Å². The largest absolute Gasteiger partial charge is 0.504 e. The summed E-state index contributed by atoms with van der Waals surface area (Å²) in [5, 5.41) is 29.2. The van der Waals surface area contributed by atoms with E-state index in [4.69, 9.17) is 13.9 Å². The topological polar surface area (TPSA) is 109 Å². The van der Waals surface area contributed by atoms with Crippen molar-refractivity contribution >= 4 is 21.9 Å². The molecule has 22 heavy (non-hydrogen) atoms. The van der Waals surface area contributed by atoms with E-state index in [-0.39, 0.29) is 39.2 Å². The molecule has 0 aliphatic rings. The van der Waals surface area contributed by atoms with Crippen LogP contribution in [0.4, 0.5) is 0 Å². The number of ether oxygens (including phenoxy) is 2. The van der Waals surface area contributed by atoms with Crippen LogP contribution in [-0.4, -0.2) is 29.5 Å². The highest BCUT2D eigenvalue weighted by Crippen LogP contribution is 2.43. The van der Waals surface area contributed by atoms with Crippen molar-refractivity contribution in [3.05, 3.63) is 28.4 Å². The molecule has 0 atom stereocenters. The number of methoxy groups -OCH3 is 2. The van der Waals surface area contributed by atoms with Gasteiger partial charge in [0.2, 0.25) is 11.2 Å². The Kier molecular flexibility index (Phi) is 2.98. The molecule has 1 heterocycles. The molecule has 0 saturated heterocycles. The second-order valence-electron chi connectivity index (χ2n) is 4.57. The molecule has 0 unspecified atom stereocenters. The Bertz CT molecular complexity index is 956. The summed E-state index contributed by atoms with van der Waals surface area (Å²) in [6.07, 6.45) is 0. The summed E-state index contributed by atoms with van der Waals surface area (Å²) in [4.78, 5) is 12.7. The van der Waals surface area contributed by atoms with Crippen LogP contribution in [0.1, 0.15) is 0 Å². The predicted octanol–water partition coefficient (Wildman–Crippen LogP) is 2.08. The molecule has 0 aliphatic carbocycles. The van der Waals surface area contributed by atoms with Crippen LogP contribution in [0, 0.1) is 0 Å². The van der Waals surface area contributed by atoms with Crippen molar-refractivity contribution in [3.63, 3.8) is 0 Å². The fourth-order valence-corrected chi connectivity index (χ4v) is 2.40. The predicted molar refractivity (Wildman–Crippen MR) is 78.1 cm³/mol. The van der Waals surface area contributed by atoms with Gasteiger partial charge >= 0.3 is 0 Å². The maximum absolute atomic E-state index is 12.7. The van der Waals surface area contributed by atoms with E-state index in [1.807, 2.05) is 0 Å². The van der Waals surface area contributed by atoms with Crippen LogP contribution in [0.15, 0.2) is 27.4 Å². The van der Waals surface area contributed by atoms with Crippen molar-refractivity contribution in [2.24, 2.45) is 0 Å². The summed E-state index contributed by atoms with van der Waals surface area (Å²) in [7, 11) is 2.62. The van der Waals surface area contributed by atoms with E-state index < -0.39 is 16.9 Å². The Balaban J connectivity index is 2.62. The second-order valence-corrected chi connectivity index (χ2v) is 4.57. The number of phenolic OH excluding ortho intramolecular Hbond substituents is 3. The fourth-order valence-electron chi connectivity index (χ4n) is 2.40. The number of hydrogen-bond donors (Lipinski definition) is 3. The summed E-state index contributed by atoms with van der Waals surface area (Å²) in [5.74, 6) is -1.32. The van der Waals surface area contributed by atoms with E-state index in [0.717, 1.165) is 0 Å². The minimum absolute atomic E-state index is 0.00875. The molecule has 114 valence electrons. The molecule has 0 aliphatic heterocycles. The van der Waals surface area contributed by atoms with Crippen LogP contribution in [0.2, 0.25) is 0 Å². The first-order valence-corrected chi connectivity index (χ1v) is 6.25. The van der Waals surface area contributed by atoms with E-state index in [1.165, 1.54) is 32.4 Å². The van der Waals surface area contributed by atoms with Gasteiger partial charge in [-0.1, -0.05) is 0 Å². The number of hydrogen-bond acceptors (Lipinski definition) is 7. The highest BCUT2D eigenvalue weighted by Gasteiger charge is 2.22. The van der Waals surface area contributed by atoms with Crippen LogP contribution in [0.3, 0.4) is 0 Å². The number of benzene rings is 2. The Morgan fingerprint density at radius 3 is 2.23 bits per heavy atom. The van der Waals surface area contributed by atoms with E-state index in [9.17, 15) is 20.1 Å². The van der Waals surface area contributed by atoms with Gasteiger partial charge in [-0.15, -0.1) is 0 Å². The summed E-state index contributed by atoms with van der Waals surface area (Å²) < 4.78 is 15.7. The molecule has 0 amide bonds. The normalized spacial score (nSPS) is 11.0. The molecule has 3 rings (SSSR count). The lowest BCUT2D eigenvalue weighted by Crippen LogP contribution is -2.05. The Morgan fingerprint density at radius 2 is 1.59 bits per heavy atom. The highest BCUT2D eigenvalue weighted by atomic mass is 16.5. The number of aromatic hydroxyl groups is 3. The molecular formula is C15H12O7. The Labute approximate surface area is 123 Å². The smallest absolute Gasteiger partial charge is 0.208 e. The Morgan fingerprint density at radius 1 is 0.909 bits per heavy atom. The van der Waals surface area contributed by atoms with E-state index >= 15 is 0 Å². The maximum atomic E-state index is 12.7. The molecule has 0 bridgehead atoms. The van der Waals surface area contributed by atoms with E-state index in [2.05, 4.69) is 0 Å². The summed E-state index contributed by atoms with van der Waals surface area (Å²) in [6, 6.07) is 3.77. The van der Waals surface area contributed by atoms with E-state index in [1.54, 1.807) is 0 Å². The molecule has 3 N–H and O–H groups in total. The van der Waals surface area contributed by atoms with Gasteiger partial charge in [0.15, 0.2) is 23.0 Å². The van der Waals surface area contributed by atoms with Crippen molar-refractivity contribution in [1.82, 2.24) is 0 Å². The zero-order chi connectivity index (χ0) is 16.0. The van der Waals surface area contributed by atoms with Crippen molar-refractivity contribution in [1.29, 1.82) is 0 Å². The quantitative estimate of drug-likeness (QED) is 0.491. The molecule has 0 spiro atoms. The fraction of sp³-hybridized carbons (Fsp3) is 0.133. The maximum Gasteiger partial charge on any atom is 0.208 e. The van der Waals surface area contributed by atoms with Gasteiger partial charge in [-0.05, 0) is 12.1 Å². The van der Waals surface area contributed by atoms with Crippen LogP contribution >= 0.6 is 0 Å². The standard InChI is InChI=1S/C15H12O7/c1-20-14-7(17)5-9-11(15(14)21-2)13(19)10-8(22-9)4-3-6(16)12(10)18/h3-5,16-18H,1-2H3. The SMILES string of the molecule is COc1c(O)cc2oc3ccc(O)c(O)c3c(=O)c2c1OC. The number of rotatable bonds is 2. The van der Waals surface area contributed by atoms with Gasteiger partial charge in [-0.3, -0.25) is 4.79 Å². The average molecular weight is 304 g/mol.